The van der Waals surface area contributed by atoms with E-state index < -0.39 is 12.2 Å². The van der Waals surface area contributed by atoms with Gasteiger partial charge in [0.1, 0.15) is 11.9 Å². The lowest BCUT2D eigenvalue weighted by atomic mass is 10.00. The number of aryl methyl sites for hydroxylation is 1. The molecule has 0 amide bonds. The van der Waals surface area contributed by atoms with Gasteiger partial charge in [-0.1, -0.05) is 6.07 Å². The molecule has 0 radical (unpaired) electrons. The van der Waals surface area contributed by atoms with Crippen LogP contribution in [0.25, 0.3) is 0 Å². The molecular weight excluding hydrogens is 204 g/mol. The van der Waals surface area contributed by atoms with Crippen molar-refractivity contribution in [3.63, 3.8) is 0 Å². The summed E-state index contributed by atoms with van der Waals surface area (Å²) in [5, 5.41) is 28.1. The van der Waals surface area contributed by atoms with Crippen molar-refractivity contribution >= 4 is 11.6 Å². The summed E-state index contributed by atoms with van der Waals surface area (Å²) < 4.78 is 0. The Kier molecular flexibility index (Phi) is 3.75. The van der Waals surface area contributed by atoms with Crippen molar-refractivity contribution in [2.24, 2.45) is 0 Å². The number of hydrogen-bond acceptors (Lipinski definition) is 3. The second-order valence-electron chi connectivity index (χ2n) is 3.21. The van der Waals surface area contributed by atoms with E-state index in [0.717, 1.165) is 5.56 Å². The number of phenolic OH excluding ortho intramolecular Hbond substituents is 1. The van der Waals surface area contributed by atoms with Crippen molar-refractivity contribution in [1.29, 1.82) is 0 Å². The van der Waals surface area contributed by atoms with Crippen molar-refractivity contribution in [1.82, 2.24) is 0 Å². The zero-order valence-electron chi connectivity index (χ0n) is 7.81. The van der Waals surface area contributed by atoms with Crippen molar-refractivity contribution in [2.45, 2.75) is 19.1 Å². The molecule has 0 aliphatic rings. The third-order valence-electron chi connectivity index (χ3n) is 2.09. The molecule has 2 atom stereocenters. The predicted octanol–water partition coefficient (Wildman–Crippen LogP) is 1.33. The van der Waals surface area contributed by atoms with Crippen LogP contribution in [0.15, 0.2) is 18.2 Å². The summed E-state index contributed by atoms with van der Waals surface area (Å²) in [4.78, 5) is 0. The maximum atomic E-state index is 9.64. The smallest absolute Gasteiger partial charge is 0.115 e. The minimum atomic E-state index is -1.01. The van der Waals surface area contributed by atoms with Crippen LogP contribution in [-0.2, 0) is 0 Å². The van der Waals surface area contributed by atoms with Gasteiger partial charge in [0.05, 0.1) is 12.0 Å². The highest BCUT2D eigenvalue weighted by molar-refractivity contribution is 6.18. The van der Waals surface area contributed by atoms with Crippen LogP contribution in [0.1, 0.15) is 17.2 Å². The van der Waals surface area contributed by atoms with Gasteiger partial charge in [0.2, 0.25) is 0 Å². The molecule has 0 aliphatic heterocycles. The Bertz CT molecular complexity index is 314. The van der Waals surface area contributed by atoms with Crippen LogP contribution in [0.2, 0.25) is 0 Å². The molecule has 3 nitrogen and oxygen atoms in total. The summed E-state index contributed by atoms with van der Waals surface area (Å²) in [7, 11) is 0. The Hall–Kier alpha value is -0.770. The van der Waals surface area contributed by atoms with E-state index >= 15 is 0 Å². The summed E-state index contributed by atoms with van der Waals surface area (Å²) in [6.45, 7) is 1.75. The van der Waals surface area contributed by atoms with Crippen molar-refractivity contribution < 1.29 is 15.3 Å². The summed E-state index contributed by atoms with van der Waals surface area (Å²) >= 11 is 5.42. The van der Waals surface area contributed by atoms with Gasteiger partial charge in [0.25, 0.3) is 0 Å². The Morgan fingerprint density at radius 3 is 2.50 bits per heavy atom. The number of aromatic hydroxyl groups is 1. The molecule has 0 heterocycles. The van der Waals surface area contributed by atoms with Crippen molar-refractivity contribution in [3.8, 4) is 5.75 Å². The number of hydrogen-bond donors (Lipinski definition) is 3. The monoisotopic (exact) mass is 216 g/mol. The largest absolute Gasteiger partial charge is 0.508 e. The molecule has 0 fully saturated rings. The molecule has 0 aromatic heterocycles. The van der Waals surface area contributed by atoms with Crippen LogP contribution in [0.5, 0.6) is 5.75 Å². The summed E-state index contributed by atoms with van der Waals surface area (Å²) in [6.07, 6.45) is -1.99. The molecule has 14 heavy (non-hydrogen) atoms. The number of aliphatic hydroxyl groups excluding tert-OH is 2. The second kappa shape index (κ2) is 4.64. The van der Waals surface area contributed by atoms with Gasteiger partial charge in [-0.25, -0.2) is 0 Å². The molecule has 2 unspecified atom stereocenters. The van der Waals surface area contributed by atoms with Gasteiger partial charge in [-0.05, 0) is 30.2 Å². The van der Waals surface area contributed by atoms with Crippen LogP contribution >= 0.6 is 11.6 Å². The Labute approximate surface area is 87.6 Å². The molecular formula is C10H13ClO3. The molecule has 0 saturated carbocycles. The first-order chi connectivity index (χ1) is 6.56. The molecule has 78 valence electrons. The normalized spacial score (nSPS) is 15.1. The predicted molar refractivity (Wildman–Crippen MR) is 54.5 cm³/mol. The Morgan fingerprint density at radius 1 is 1.36 bits per heavy atom. The Morgan fingerprint density at radius 2 is 2.00 bits per heavy atom. The first-order valence-corrected chi connectivity index (χ1v) is 4.81. The van der Waals surface area contributed by atoms with Gasteiger partial charge in [0.15, 0.2) is 0 Å². The third kappa shape index (κ3) is 2.38. The summed E-state index contributed by atoms with van der Waals surface area (Å²) in [5.74, 6) is 0.111. The molecule has 1 aromatic carbocycles. The standard InChI is InChI=1S/C10H13ClO3/c1-6-4-7(12)2-3-8(6)10(14)9(13)5-11/h2-4,9-10,12-14H,5H2,1H3. The molecule has 3 N–H and O–H groups in total. The molecule has 1 rings (SSSR count). The van der Waals surface area contributed by atoms with E-state index in [9.17, 15) is 10.2 Å². The minimum Gasteiger partial charge on any atom is -0.508 e. The van der Waals surface area contributed by atoms with E-state index in [1.54, 1.807) is 13.0 Å². The van der Waals surface area contributed by atoms with E-state index in [2.05, 4.69) is 0 Å². The van der Waals surface area contributed by atoms with Crippen molar-refractivity contribution in [2.75, 3.05) is 5.88 Å². The maximum absolute atomic E-state index is 9.64. The quantitative estimate of drug-likeness (QED) is 0.669. The number of alkyl halides is 1. The van der Waals surface area contributed by atoms with Gasteiger partial charge < -0.3 is 15.3 Å². The summed E-state index contributed by atoms with van der Waals surface area (Å²) in [5.41, 5.74) is 1.30. The molecule has 0 bridgehead atoms. The van der Waals surface area contributed by atoms with Gasteiger partial charge in [0, 0.05) is 0 Å². The van der Waals surface area contributed by atoms with Crippen LogP contribution in [-0.4, -0.2) is 27.3 Å². The molecule has 0 saturated heterocycles. The highest BCUT2D eigenvalue weighted by Crippen LogP contribution is 2.24. The molecule has 1 aromatic rings. The SMILES string of the molecule is Cc1cc(O)ccc1C(O)C(O)CCl. The van der Waals surface area contributed by atoms with Gasteiger partial charge in [-0.15, -0.1) is 11.6 Å². The van der Waals surface area contributed by atoms with Crippen LogP contribution < -0.4 is 0 Å². The highest BCUT2D eigenvalue weighted by Gasteiger charge is 2.18. The average Bonchev–Trinajstić information content (AvgIpc) is 2.15. The fourth-order valence-corrected chi connectivity index (χ4v) is 1.45. The number of aliphatic hydroxyl groups is 2. The van der Waals surface area contributed by atoms with E-state index in [0.29, 0.717) is 5.56 Å². The third-order valence-corrected chi connectivity index (χ3v) is 2.41. The van der Waals surface area contributed by atoms with Gasteiger partial charge in [-0.3, -0.25) is 0 Å². The van der Waals surface area contributed by atoms with E-state index in [-0.39, 0.29) is 11.6 Å². The number of rotatable bonds is 3. The lowest BCUT2D eigenvalue weighted by molar-refractivity contribution is 0.0323. The van der Waals surface area contributed by atoms with E-state index in [1.807, 2.05) is 0 Å². The first kappa shape index (κ1) is 11.3. The summed E-state index contributed by atoms with van der Waals surface area (Å²) in [6, 6.07) is 4.57. The fraction of sp³-hybridized carbons (Fsp3) is 0.400. The zero-order chi connectivity index (χ0) is 10.7. The first-order valence-electron chi connectivity index (χ1n) is 4.28. The number of benzene rings is 1. The lowest BCUT2D eigenvalue weighted by Crippen LogP contribution is -2.20. The Balaban J connectivity index is 2.95. The van der Waals surface area contributed by atoms with Gasteiger partial charge >= 0.3 is 0 Å². The minimum absolute atomic E-state index is 0.0263. The average molecular weight is 217 g/mol. The fourth-order valence-electron chi connectivity index (χ4n) is 1.28. The highest BCUT2D eigenvalue weighted by atomic mass is 35.5. The zero-order valence-corrected chi connectivity index (χ0v) is 8.57. The maximum Gasteiger partial charge on any atom is 0.115 e. The van der Waals surface area contributed by atoms with Crippen LogP contribution in [0.3, 0.4) is 0 Å². The van der Waals surface area contributed by atoms with Crippen molar-refractivity contribution in [3.05, 3.63) is 29.3 Å². The second-order valence-corrected chi connectivity index (χ2v) is 3.52. The number of phenols is 1. The lowest BCUT2D eigenvalue weighted by Gasteiger charge is -2.17. The van der Waals surface area contributed by atoms with E-state index in [4.69, 9.17) is 16.7 Å². The number of halogens is 1. The molecule has 0 aliphatic carbocycles. The van der Waals surface area contributed by atoms with Crippen LogP contribution in [0, 0.1) is 6.92 Å². The van der Waals surface area contributed by atoms with Gasteiger partial charge in [-0.2, -0.15) is 0 Å². The van der Waals surface area contributed by atoms with Crippen LogP contribution in [0.4, 0.5) is 0 Å². The molecule has 4 heteroatoms. The van der Waals surface area contributed by atoms with E-state index in [1.165, 1.54) is 12.1 Å². The topological polar surface area (TPSA) is 60.7 Å². The molecule has 0 spiro atoms.